The van der Waals surface area contributed by atoms with Crippen LogP contribution in [0.3, 0.4) is 0 Å². The van der Waals surface area contributed by atoms with Gasteiger partial charge in [-0.25, -0.2) is 4.79 Å². The van der Waals surface area contributed by atoms with Gasteiger partial charge in [-0.3, -0.25) is 4.90 Å². The molecule has 0 unspecified atom stereocenters. The Hall–Kier alpha value is -1.75. The number of hydrogen-bond donors (Lipinski definition) is 1. The Bertz CT molecular complexity index is 391. The Morgan fingerprint density at radius 3 is 2.71 bits per heavy atom. The standard InChI is InChI=1S/C12H16N2O3/c1-2-16-10-5-3-9(4-6-10)14-8-11(7-13)17-12(14)15/h3-6,11H,2,7-8,13H2,1H3/t11-/m1/s1. The van der Waals surface area contributed by atoms with Gasteiger partial charge in [0, 0.05) is 12.2 Å². The lowest BCUT2D eigenvalue weighted by molar-refractivity contribution is 0.145. The van der Waals surface area contributed by atoms with E-state index in [1.807, 2.05) is 31.2 Å². The van der Waals surface area contributed by atoms with Crippen LogP contribution in [0.5, 0.6) is 5.75 Å². The molecule has 2 N–H and O–H groups in total. The van der Waals surface area contributed by atoms with Crippen LogP contribution in [0.2, 0.25) is 0 Å². The van der Waals surface area contributed by atoms with Crippen LogP contribution in [0.4, 0.5) is 10.5 Å². The van der Waals surface area contributed by atoms with Gasteiger partial charge in [-0.15, -0.1) is 0 Å². The fourth-order valence-corrected chi connectivity index (χ4v) is 1.74. The molecule has 1 aromatic carbocycles. The van der Waals surface area contributed by atoms with Crippen molar-refractivity contribution in [3.8, 4) is 5.75 Å². The van der Waals surface area contributed by atoms with Crippen LogP contribution in [0.25, 0.3) is 0 Å². The van der Waals surface area contributed by atoms with Gasteiger partial charge in [0.25, 0.3) is 0 Å². The maximum absolute atomic E-state index is 11.6. The predicted octanol–water partition coefficient (Wildman–Crippen LogP) is 1.37. The molecule has 0 radical (unpaired) electrons. The summed E-state index contributed by atoms with van der Waals surface area (Å²) in [5, 5.41) is 0. The molecule has 1 amide bonds. The highest BCUT2D eigenvalue weighted by molar-refractivity contribution is 5.89. The van der Waals surface area contributed by atoms with E-state index in [0.717, 1.165) is 11.4 Å². The van der Waals surface area contributed by atoms with Crippen molar-refractivity contribution in [2.75, 3.05) is 24.6 Å². The van der Waals surface area contributed by atoms with Crippen molar-refractivity contribution in [3.05, 3.63) is 24.3 Å². The number of benzene rings is 1. The number of amides is 1. The number of anilines is 1. The minimum Gasteiger partial charge on any atom is -0.494 e. The molecule has 5 nitrogen and oxygen atoms in total. The van der Waals surface area contributed by atoms with Gasteiger partial charge < -0.3 is 15.2 Å². The van der Waals surface area contributed by atoms with E-state index in [0.29, 0.717) is 19.7 Å². The molecule has 0 aromatic heterocycles. The van der Waals surface area contributed by atoms with E-state index in [1.165, 1.54) is 0 Å². The fourth-order valence-electron chi connectivity index (χ4n) is 1.74. The minimum absolute atomic E-state index is 0.214. The average molecular weight is 236 g/mol. The van der Waals surface area contributed by atoms with Crippen LogP contribution in [0.15, 0.2) is 24.3 Å². The summed E-state index contributed by atoms with van der Waals surface area (Å²) in [5.74, 6) is 0.791. The van der Waals surface area contributed by atoms with Crippen LogP contribution in [-0.4, -0.2) is 31.9 Å². The Labute approximate surface area is 100 Å². The molecule has 0 aliphatic carbocycles. The number of carbonyl (C=O) groups excluding carboxylic acids is 1. The molecular weight excluding hydrogens is 220 g/mol. The number of rotatable bonds is 4. The lowest BCUT2D eigenvalue weighted by atomic mass is 10.2. The first-order chi connectivity index (χ1) is 8.24. The van der Waals surface area contributed by atoms with Crippen LogP contribution >= 0.6 is 0 Å². The summed E-state index contributed by atoms with van der Waals surface area (Å²) in [4.78, 5) is 13.1. The molecular formula is C12H16N2O3. The predicted molar refractivity (Wildman–Crippen MR) is 64.3 cm³/mol. The monoisotopic (exact) mass is 236 g/mol. The van der Waals surface area contributed by atoms with Crippen LogP contribution < -0.4 is 15.4 Å². The van der Waals surface area contributed by atoms with Gasteiger partial charge in [-0.2, -0.15) is 0 Å². The number of hydrogen-bond acceptors (Lipinski definition) is 4. The second-order valence-corrected chi connectivity index (χ2v) is 3.78. The Morgan fingerprint density at radius 1 is 1.47 bits per heavy atom. The number of nitrogens with two attached hydrogens (primary N) is 1. The molecule has 92 valence electrons. The van der Waals surface area contributed by atoms with E-state index in [1.54, 1.807) is 4.90 Å². The highest BCUT2D eigenvalue weighted by Gasteiger charge is 2.31. The summed E-state index contributed by atoms with van der Waals surface area (Å²) in [6.07, 6.45) is -0.557. The fraction of sp³-hybridized carbons (Fsp3) is 0.417. The third-order valence-electron chi connectivity index (χ3n) is 2.60. The molecule has 1 aliphatic rings. The average Bonchev–Trinajstić information content (AvgIpc) is 2.72. The van der Waals surface area contributed by atoms with Gasteiger partial charge >= 0.3 is 6.09 Å². The summed E-state index contributed by atoms with van der Waals surface area (Å²) in [5.41, 5.74) is 6.28. The summed E-state index contributed by atoms with van der Waals surface area (Å²) in [7, 11) is 0. The third kappa shape index (κ3) is 2.50. The van der Waals surface area contributed by atoms with E-state index in [-0.39, 0.29) is 12.2 Å². The van der Waals surface area contributed by atoms with Gasteiger partial charge in [-0.1, -0.05) is 0 Å². The van der Waals surface area contributed by atoms with Crippen LogP contribution in [-0.2, 0) is 4.74 Å². The maximum Gasteiger partial charge on any atom is 0.414 e. The number of carbonyl (C=O) groups is 1. The SMILES string of the molecule is CCOc1ccc(N2C[C@@H](CN)OC2=O)cc1. The number of ether oxygens (including phenoxy) is 2. The Kier molecular flexibility index (Phi) is 3.49. The topological polar surface area (TPSA) is 64.8 Å². The molecule has 0 bridgehead atoms. The lowest BCUT2D eigenvalue weighted by Crippen LogP contribution is -2.27. The number of cyclic esters (lactones) is 1. The molecule has 1 aliphatic heterocycles. The molecule has 1 fully saturated rings. The Balaban J connectivity index is 2.09. The van der Waals surface area contributed by atoms with Crippen molar-refractivity contribution in [3.63, 3.8) is 0 Å². The maximum atomic E-state index is 11.6. The molecule has 1 aromatic rings. The molecule has 1 heterocycles. The first-order valence-electron chi connectivity index (χ1n) is 5.65. The lowest BCUT2D eigenvalue weighted by Gasteiger charge is -2.13. The van der Waals surface area contributed by atoms with Gasteiger partial charge in [0.2, 0.25) is 0 Å². The first-order valence-corrected chi connectivity index (χ1v) is 5.65. The summed E-state index contributed by atoms with van der Waals surface area (Å²) < 4.78 is 10.4. The summed E-state index contributed by atoms with van der Waals surface area (Å²) in [6, 6.07) is 7.35. The second kappa shape index (κ2) is 5.05. The van der Waals surface area contributed by atoms with Crippen molar-refractivity contribution in [2.24, 2.45) is 5.73 Å². The number of nitrogens with zero attached hydrogens (tertiary/aromatic N) is 1. The largest absolute Gasteiger partial charge is 0.494 e. The van der Waals surface area contributed by atoms with Crippen molar-refractivity contribution >= 4 is 11.8 Å². The summed E-state index contributed by atoms with van der Waals surface area (Å²) >= 11 is 0. The van der Waals surface area contributed by atoms with Gasteiger partial charge in [0.05, 0.1) is 13.2 Å². The van der Waals surface area contributed by atoms with Crippen LogP contribution in [0, 0.1) is 0 Å². The van der Waals surface area contributed by atoms with Gasteiger partial charge in [0.1, 0.15) is 11.9 Å². The van der Waals surface area contributed by atoms with Gasteiger partial charge in [0.15, 0.2) is 0 Å². The zero-order valence-electron chi connectivity index (χ0n) is 9.76. The molecule has 17 heavy (non-hydrogen) atoms. The third-order valence-corrected chi connectivity index (χ3v) is 2.60. The molecule has 0 saturated carbocycles. The minimum atomic E-state index is -0.343. The van der Waals surface area contributed by atoms with E-state index < -0.39 is 0 Å². The zero-order chi connectivity index (χ0) is 12.3. The van der Waals surface area contributed by atoms with Crippen molar-refractivity contribution in [1.82, 2.24) is 0 Å². The second-order valence-electron chi connectivity index (χ2n) is 3.78. The molecule has 1 saturated heterocycles. The quantitative estimate of drug-likeness (QED) is 0.857. The van der Waals surface area contributed by atoms with Crippen molar-refractivity contribution in [1.29, 1.82) is 0 Å². The smallest absolute Gasteiger partial charge is 0.414 e. The van der Waals surface area contributed by atoms with E-state index >= 15 is 0 Å². The van der Waals surface area contributed by atoms with E-state index in [9.17, 15) is 4.79 Å². The zero-order valence-corrected chi connectivity index (χ0v) is 9.76. The molecule has 2 rings (SSSR count). The van der Waals surface area contributed by atoms with Crippen LogP contribution in [0.1, 0.15) is 6.92 Å². The molecule has 0 spiro atoms. The first kappa shape index (κ1) is 11.7. The highest BCUT2D eigenvalue weighted by atomic mass is 16.6. The molecule has 5 heteroatoms. The normalized spacial score (nSPS) is 19.3. The Morgan fingerprint density at radius 2 is 2.18 bits per heavy atom. The van der Waals surface area contributed by atoms with Crippen molar-refractivity contribution < 1.29 is 14.3 Å². The van der Waals surface area contributed by atoms with E-state index in [4.69, 9.17) is 15.2 Å². The van der Waals surface area contributed by atoms with E-state index in [2.05, 4.69) is 0 Å². The summed E-state index contributed by atoms with van der Waals surface area (Å²) in [6.45, 7) is 3.40. The highest BCUT2D eigenvalue weighted by Crippen LogP contribution is 2.23. The van der Waals surface area contributed by atoms with Crippen molar-refractivity contribution in [2.45, 2.75) is 13.0 Å². The van der Waals surface area contributed by atoms with Gasteiger partial charge in [-0.05, 0) is 31.2 Å². The molecule has 1 atom stereocenters.